The van der Waals surface area contributed by atoms with Crippen molar-refractivity contribution in [2.24, 2.45) is 0 Å². The van der Waals surface area contributed by atoms with Gasteiger partial charge in [-0.25, -0.2) is 12.1 Å². The summed E-state index contributed by atoms with van der Waals surface area (Å²) in [6, 6.07) is 5.21. The number of thiophene rings is 1. The van der Waals surface area contributed by atoms with E-state index in [2.05, 4.69) is 31.8 Å². The topological polar surface area (TPSA) is 0 Å². The fraction of sp³-hybridized carbons (Fsp3) is 0.429. The largest absolute Gasteiger partial charge is 2.00 e. The van der Waals surface area contributed by atoms with Crippen LogP contribution < -0.4 is 21.5 Å². The SMILES string of the molecule is C[Si](C)(C)c1c[c-]cs1.[Br-].[Mg+2]. The van der Waals surface area contributed by atoms with Crippen LogP contribution >= 0.6 is 11.3 Å². The fourth-order valence-corrected chi connectivity index (χ4v) is 3.14. The van der Waals surface area contributed by atoms with Crippen LogP contribution in [0.3, 0.4) is 0 Å². The maximum absolute atomic E-state index is 3.09. The van der Waals surface area contributed by atoms with E-state index in [1.165, 1.54) is 0 Å². The number of hydrogen-bond acceptors (Lipinski definition) is 1. The second-order valence-electron chi connectivity index (χ2n) is 3.16. The monoisotopic (exact) mass is 258 g/mol. The van der Waals surface area contributed by atoms with Crippen molar-refractivity contribution in [3.05, 3.63) is 17.5 Å². The van der Waals surface area contributed by atoms with Crippen LogP contribution in [-0.4, -0.2) is 31.1 Å². The van der Waals surface area contributed by atoms with Crippen molar-refractivity contribution in [2.75, 3.05) is 0 Å². The molecule has 0 aliphatic rings. The molecule has 0 saturated carbocycles. The first-order chi connectivity index (χ1) is 4.11. The Bertz CT molecular complexity index is 181. The molecule has 0 aliphatic carbocycles. The molecule has 0 radical (unpaired) electrons. The Morgan fingerprint density at radius 2 is 1.91 bits per heavy atom. The first-order valence-corrected chi connectivity index (χ1v) is 7.44. The van der Waals surface area contributed by atoms with Gasteiger partial charge in [0, 0.05) is 0 Å². The zero-order chi connectivity index (χ0) is 6.91. The van der Waals surface area contributed by atoms with E-state index < -0.39 is 8.07 Å². The van der Waals surface area contributed by atoms with Crippen LogP contribution in [0.4, 0.5) is 0 Å². The average molecular weight is 260 g/mol. The molecule has 0 saturated heterocycles. The Balaban J connectivity index is 0. The van der Waals surface area contributed by atoms with Crippen molar-refractivity contribution in [1.29, 1.82) is 0 Å². The first kappa shape index (κ1) is 14.7. The summed E-state index contributed by atoms with van der Waals surface area (Å²) in [5.74, 6) is 0. The van der Waals surface area contributed by atoms with Crippen LogP contribution in [0.25, 0.3) is 0 Å². The number of rotatable bonds is 1. The van der Waals surface area contributed by atoms with Crippen molar-refractivity contribution >= 4 is 47.0 Å². The van der Waals surface area contributed by atoms with Crippen molar-refractivity contribution in [3.63, 3.8) is 0 Å². The summed E-state index contributed by atoms with van der Waals surface area (Å²) in [5.41, 5.74) is 0. The Kier molecular flexibility index (Phi) is 7.67. The molecule has 58 valence electrons. The van der Waals surface area contributed by atoms with Gasteiger partial charge in [0.1, 0.15) is 0 Å². The maximum Gasteiger partial charge on any atom is 2.00 e. The van der Waals surface area contributed by atoms with Gasteiger partial charge in [-0.3, -0.25) is 11.3 Å². The molecule has 0 unspecified atom stereocenters. The van der Waals surface area contributed by atoms with Gasteiger partial charge in [-0.15, -0.1) is 9.88 Å². The van der Waals surface area contributed by atoms with Crippen molar-refractivity contribution in [1.82, 2.24) is 0 Å². The van der Waals surface area contributed by atoms with Gasteiger partial charge >= 0.3 is 23.1 Å². The molecule has 1 rings (SSSR count). The molecule has 4 heteroatoms. The second-order valence-corrected chi connectivity index (χ2v) is 9.47. The number of hydrogen-bond donors (Lipinski definition) is 0. The van der Waals surface area contributed by atoms with Crippen molar-refractivity contribution < 1.29 is 17.0 Å². The fourth-order valence-electron chi connectivity index (χ4n) is 0.635. The third kappa shape index (κ3) is 4.67. The number of halogens is 1. The van der Waals surface area contributed by atoms with E-state index in [9.17, 15) is 0 Å². The molecule has 0 nitrogen and oxygen atoms in total. The van der Waals surface area contributed by atoms with E-state index in [-0.39, 0.29) is 40.0 Å². The molecule has 11 heavy (non-hydrogen) atoms. The van der Waals surface area contributed by atoms with Crippen LogP contribution in [-0.2, 0) is 0 Å². The van der Waals surface area contributed by atoms with Crippen LogP contribution in [0.5, 0.6) is 0 Å². The molecule has 0 aliphatic heterocycles. The van der Waals surface area contributed by atoms with E-state index >= 15 is 0 Å². The van der Waals surface area contributed by atoms with Crippen molar-refractivity contribution in [3.8, 4) is 0 Å². The minimum Gasteiger partial charge on any atom is -1.00 e. The molecule has 0 fully saturated rings. The van der Waals surface area contributed by atoms with Crippen LogP contribution in [0.1, 0.15) is 0 Å². The van der Waals surface area contributed by atoms with E-state index in [4.69, 9.17) is 0 Å². The molecule has 0 N–H and O–H groups in total. The molecule has 0 spiro atoms. The Hall–Kier alpha value is 1.16. The molecule has 0 amide bonds. The van der Waals surface area contributed by atoms with Gasteiger partial charge < -0.3 is 17.0 Å². The average Bonchev–Trinajstić information content (AvgIpc) is 2.08. The van der Waals surface area contributed by atoms with Crippen LogP contribution in [0.15, 0.2) is 11.4 Å². The Labute approximate surface area is 100 Å². The van der Waals surface area contributed by atoms with Gasteiger partial charge in [0.05, 0.1) is 0 Å². The third-order valence-corrected chi connectivity index (χ3v) is 5.65. The molecular formula is C7H11BrMgSSi. The Morgan fingerprint density at radius 1 is 1.36 bits per heavy atom. The summed E-state index contributed by atoms with van der Waals surface area (Å²) < 4.78 is 1.54. The minimum absolute atomic E-state index is 0. The second kappa shape index (κ2) is 5.75. The summed E-state index contributed by atoms with van der Waals surface area (Å²) in [6.45, 7) is 7.06. The predicted octanol–water partition coefficient (Wildman–Crippen LogP) is -1.28. The summed E-state index contributed by atoms with van der Waals surface area (Å²) in [7, 11) is -0.994. The minimum atomic E-state index is -0.994. The summed E-state index contributed by atoms with van der Waals surface area (Å²) in [4.78, 5) is 0. The van der Waals surface area contributed by atoms with Gasteiger partial charge in [0.2, 0.25) is 0 Å². The zero-order valence-electron chi connectivity index (χ0n) is 7.15. The normalized spacial score (nSPS) is 9.73. The van der Waals surface area contributed by atoms with E-state index in [1.54, 1.807) is 4.50 Å². The molecule has 0 atom stereocenters. The molecule has 1 aromatic rings. The van der Waals surface area contributed by atoms with Crippen molar-refractivity contribution in [2.45, 2.75) is 19.6 Å². The van der Waals surface area contributed by atoms with Gasteiger partial charge in [0.15, 0.2) is 0 Å². The Morgan fingerprint density at radius 3 is 2.09 bits per heavy atom. The van der Waals surface area contributed by atoms with E-state index in [1.807, 2.05) is 16.7 Å². The standard InChI is InChI=1S/C7H11SSi.BrH.Mg/c1-9(2,3)7-5-4-6-8-7;;/h5-6H,1-3H3;1H;/q-1;;+2/p-1. The van der Waals surface area contributed by atoms with Gasteiger partial charge in [-0.2, -0.15) is 0 Å². The smallest absolute Gasteiger partial charge is 1.00 e. The van der Waals surface area contributed by atoms with Crippen LogP contribution in [0, 0.1) is 6.07 Å². The van der Waals surface area contributed by atoms with Gasteiger partial charge in [-0.05, 0) is 8.07 Å². The molecule has 1 heterocycles. The third-order valence-electron chi connectivity index (χ3n) is 1.21. The molecule has 0 aromatic carbocycles. The summed E-state index contributed by atoms with van der Waals surface area (Å²) >= 11 is 1.84. The maximum atomic E-state index is 3.09. The summed E-state index contributed by atoms with van der Waals surface area (Å²) in [6.07, 6.45) is 0. The van der Waals surface area contributed by atoms with E-state index in [0.29, 0.717) is 0 Å². The zero-order valence-corrected chi connectivity index (χ0v) is 12.0. The molecular weight excluding hydrogens is 248 g/mol. The first-order valence-electron chi connectivity index (χ1n) is 3.06. The van der Waals surface area contributed by atoms with Gasteiger partial charge in [0.25, 0.3) is 0 Å². The molecule has 1 aromatic heterocycles. The predicted molar refractivity (Wildman–Crippen MR) is 51.9 cm³/mol. The van der Waals surface area contributed by atoms with Gasteiger partial charge in [-0.1, -0.05) is 19.6 Å². The quantitative estimate of drug-likeness (QED) is 0.435. The van der Waals surface area contributed by atoms with Crippen LogP contribution in [0.2, 0.25) is 19.6 Å². The van der Waals surface area contributed by atoms with E-state index in [0.717, 1.165) is 0 Å². The molecule has 0 bridgehead atoms. The summed E-state index contributed by atoms with van der Waals surface area (Å²) in [5, 5.41) is 2.04.